The second kappa shape index (κ2) is 5.61. The molecule has 1 aromatic heterocycles. The molecule has 0 atom stereocenters. The normalized spacial score (nSPS) is 10.4. The van der Waals surface area contributed by atoms with E-state index >= 15 is 0 Å². The smallest absolute Gasteiger partial charge is 0.371 e. The Labute approximate surface area is 112 Å². The maximum Gasteiger partial charge on any atom is 0.371 e. The zero-order valence-corrected chi connectivity index (χ0v) is 11.1. The van der Waals surface area contributed by atoms with Crippen molar-refractivity contribution in [3.8, 4) is 0 Å². The zero-order valence-electron chi connectivity index (χ0n) is 11.1. The van der Waals surface area contributed by atoms with Crippen LogP contribution in [0.25, 0.3) is 0 Å². The first-order valence-corrected chi connectivity index (χ1v) is 6.24. The summed E-state index contributed by atoms with van der Waals surface area (Å²) in [6.45, 7) is 5.51. The van der Waals surface area contributed by atoms with E-state index in [9.17, 15) is 4.79 Å². The van der Waals surface area contributed by atoms with Gasteiger partial charge in [-0.3, -0.25) is 0 Å². The minimum absolute atomic E-state index is 0.0177. The summed E-state index contributed by atoms with van der Waals surface area (Å²) in [7, 11) is 0. The molecule has 0 unspecified atom stereocenters. The molecule has 1 heterocycles. The molecule has 2 rings (SSSR count). The van der Waals surface area contributed by atoms with Gasteiger partial charge in [0.2, 0.25) is 5.76 Å². The van der Waals surface area contributed by atoms with E-state index in [1.54, 1.807) is 6.07 Å². The molecule has 0 aliphatic heterocycles. The van der Waals surface area contributed by atoms with E-state index in [1.165, 1.54) is 11.6 Å². The highest BCUT2D eigenvalue weighted by Crippen LogP contribution is 2.22. The molecule has 0 saturated carbocycles. The number of furan rings is 1. The molecular formula is C15H17NO3. The van der Waals surface area contributed by atoms with Gasteiger partial charge in [-0.15, -0.1) is 0 Å². The second-order valence-electron chi connectivity index (χ2n) is 4.37. The van der Waals surface area contributed by atoms with E-state index in [4.69, 9.17) is 9.52 Å². The summed E-state index contributed by atoms with van der Waals surface area (Å²) in [4.78, 5) is 12.9. The number of nitrogens with zero attached hydrogens (tertiary/aromatic N) is 1. The molecule has 2 aromatic rings. The Bertz CT molecular complexity index is 574. The van der Waals surface area contributed by atoms with Gasteiger partial charge in [0.1, 0.15) is 5.76 Å². The summed E-state index contributed by atoms with van der Waals surface area (Å²) in [5.41, 5.74) is 2.33. The molecule has 0 aliphatic rings. The summed E-state index contributed by atoms with van der Waals surface area (Å²) in [6.07, 6.45) is 0. The second-order valence-corrected chi connectivity index (χ2v) is 4.37. The van der Waals surface area contributed by atoms with Gasteiger partial charge in [0.05, 0.1) is 6.54 Å². The number of hydrogen-bond acceptors (Lipinski definition) is 3. The topological polar surface area (TPSA) is 53.7 Å². The lowest BCUT2D eigenvalue weighted by Gasteiger charge is -2.23. The molecule has 0 radical (unpaired) electrons. The van der Waals surface area contributed by atoms with Crippen molar-refractivity contribution < 1.29 is 14.3 Å². The highest BCUT2D eigenvalue weighted by atomic mass is 16.4. The molecule has 1 N–H and O–H groups in total. The number of benzene rings is 1. The monoisotopic (exact) mass is 259 g/mol. The number of carboxylic acids is 1. The van der Waals surface area contributed by atoms with Crippen molar-refractivity contribution >= 4 is 11.7 Å². The third-order valence-electron chi connectivity index (χ3n) is 3.06. The average Bonchev–Trinajstić information content (AvgIpc) is 2.86. The largest absolute Gasteiger partial charge is 0.475 e. The number of hydrogen-bond donors (Lipinski definition) is 1. The maximum atomic E-state index is 10.8. The molecule has 0 fully saturated rings. The molecule has 4 nitrogen and oxygen atoms in total. The molecule has 0 amide bonds. The van der Waals surface area contributed by atoms with Crippen LogP contribution >= 0.6 is 0 Å². The highest BCUT2D eigenvalue weighted by molar-refractivity contribution is 5.84. The number of anilines is 1. The van der Waals surface area contributed by atoms with Gasteiger partial charge in [-0.25, -0.2) is 4.79 Å². The van der Waals surface area contributed by atoms with Crippen molar-refractivity contribution in [2.45, 2.75) is 20.4 Å². The lowest BCUT2D eigenvalue weighted by atomic mass is 10.2. The van der Waals surface area contributed by atoms with E-state index in [0.29, 0.717) is 12.3 Å². The quantitative estimate of drug-likeness (QED) is 0.895. The fourth-order valence-electron chi connectivity index (χ4n) is 2.05. The summed E-state index contributed by atoms with van der Waals surface area (Å²) >= 11 is 0. The number of carbonyl (C=O) groups is 1. The van der Waals surface area contributed by atoms with E-state index < -0.39 is 5.97 Å². The summed E-state index contributed by atoms with van der Waals surface area (Å²) in [6, 6.07) is 11.3. The van der Waals surface area contributed by atoms with Gasteiger partial charge in [-0.05, 0) is 37.6 Å². The van der Waals surface area contributed by atoms with Crippen molar-refractivity contribution in [1.82, 2.24) is 0 Å². The first kappa shape index (κ1) is 13.2. The van der Waals surface area contributed by atoms with Crippen molar-refractivity contribution in [2.24, 2.45) is 0 Å². The number of aromatic carboxylic acids is 1. The predicted molar refractivity (Wildman–Crippen MR) is 73.6 cm³/mol. The summed E-state index contributed by atoms with van der Waals surface area (Å²) in [5, 5.41) is 8.84. The van der Waals surface area contributed by atoms with Gasteiger partial charge in [-0.1, -0.05) is 18.2 Å². The molecule has 100 valence electrons. The van der Waals surface area contributed by atoms with E-state index in [0.717, 1.165) is 12.2 Å². The number of aryl methyl sites for hydroxylation is 1. The Balaban J connectivity index is 2.19. The summed E-state index contributed by atoms with van der Waals surface area (Å²) < 4.78 is 5.30. The fourth-order valence-corrected chi connectivity index (χ4v) is 2.05. The van der Waals surface area contributed by atoms with Crippen LogP contribution < -0.4 is 4.90 Å². The molecule has 0 saturated heterocycles. The van der Waals surface area contributed by atoms with Gasteiger partial charge in [-0.2, -0.15) is 0 Å². The van der Waals surface area contributed by atoms with Crippen molar-refractivity contribution in [3.05, 3.63) is 53.5 Å². The number of rotatable bonds is 5. The van der Waals surface area contributed by atoms with Crippen LogP contribution in [0, 0.1) is 6.92 Å². The maximum absolute atomic E-state index is 10.8. The summed E-state index contributed by atoms with van der Waals surface area (Å²) in [5.74, 6) is -0.400. The van der Waals surface area contributed by atoms with E-state index in [2.05, 4.69) is 30.9 Å². The Hall–Kier alpha value is -2.23. The van der Waals surface area contributed by atoms with Crippen molar-refractivity contribution in [2.75, 3.05) is 11.4 Å². The van der Waals surface area contributed by atoms with Crippen LogP contribution in [0.3, 0.4) is 0 Å². The Morgan fingerprint density at radius 3 is 2.58 bits per heavy atom. The van der Waals surface area contributed by atoms with Crippen LogP contribution in [0.2, 0.25) is 0 Å². The molecule has 0 spiro atoms. The van der Waals surface area contributed by atoms with Gasteiger partial charge in [0, 0.05) is 12.2 Å². The third-order valence-corrected chi connectivity index (χ3v) is 3.06. The Kier molecular flexibility index (Phi) is 3.90. The highest BCUT2D eigenvalue weighted by Gasteiger charge is 2.13. The van der Waals surface area contributed by atoms with Gasteiger partial charge in [0.15, 0.2) is 0 Å². The molecule has 4 heteroatoms. The Morgan fingerprint density at radius 2 is 2.00 bits per heavy atom. The lowest BCUT2D eigenvalue weighted by molar-refractivity contribution is 0.0660. The zero-order chi connectivity index (χ0) is 13.8. The van der Waals surface area contributed by atoms with Crippen molar-refractivity contribution in [1.29, 1.82) is 0 Å². The van der Waals surface area contributed by atoms with Crippen molar-refractivity contribution in [3.63, 3.8) is 0 Å². The predicted octanol–water partition coefficient (Wildman–Crippen LogP) is 3.31. The first-order chi connectivity index (χ1) is 9.11. The molecule has 19 heavy (non-hydrogen) atoms. The van der Waals surface area contributed by atoms with Gasteiger partial charge >= 0.3 is 5.97 Å². The minimum Gasteiger partial charge on any atom is -0.475 e. The molecule has 1 aromatic carbocycles. The Morgan fingerprint density at radius 1 is 1.26 bits per heavy atom. The number of para-hydroxylation sites is 1. The van der Waals surface area contributed by atoms with Crippen LogP contribution in [0.4, 0.5) is 5.69 Å². The molecular weight excluding hydrogens is 242 g/mol. The van der Waals surface area contributed by atoms with E-state index in [-0.39, 0.29) is 5.76 Å². The van der Waals surface area contributed by atoms with Gasteiger partial charge in [0.25, 0.3) is 0 Å². The van der Waals surface area contributed by atoms with Gasteiger partial charge < -0.3 is 14.4 Å². The van der Waals surface area contributed by atoms with Crippen LogP contribution in [-0.4, -0.2) is 17.6 Å². The molecule has 0 aliphatic carbocycles. The van der Waals surface area contributed by atoms with Crippen LogP contribution in [0.5, 0.6) is 0 Å². The first-order valence-electron chi connectivity index (χ1n) is 6.24. The van der Waals surface area contributed by atoms with Crippen LogP contribution in [-0.2, 0) is 6.54 Å². The van der Waals surface area contributed by atoms with Crippen LogP contribution in [0.1, 0.15) is 28.8 Å². The average molecular weight is 259 g/mol. The van der Waals surface area contributed by atoms with E-state index in [1.807, 2.05) is 12.1 Å². The standard InChI is InChI=1S/C15H17NO3/c1-3-16(13-7-5-4-6-11(13)2)10-12-8-9-14(19-12)15(17)18/h4-9H,3,10H2,1-2H3,(H,17,18). The van der Waals surface area contributed by atoms with Crippen LogP contribution in [0.15, 0.2) is 40.8 Å². The SMILES string of the molecule is CCN(Cc1ccc(C(=O)O)o1)c1ccccc1C. The lowest BCUT2D eigenvalue weighted by Crippen LogP contribution is -2.22. The number of carboxylic acid groups (broad SMARTS) is 1. The minimum atomic E-state index is -1.04. The molecule has 0 bridgehead atoms. The fraction of sp³-hybridized carbons (Fsp3) is 0.267. The third kappa shape index (κ3) is 2.96.